The van der Waals surface area contributed by atoms with Gasteiger partial charge in [0.05, 0.1) is 23.0 Å². The minimum atomic E-state index is -0.284. The maximum absolute atomic E-state index is 13.8. The summed E-state index contributed by atoms with van der Waals surface area (Å²) < 4.78 is 7.45. The molecular formula is C32H28N4O3S2. The average molecular weight is 581 g/mol. The van der Waals surface area contributed by atoms with Gasteiger partial charge in [-0.15, -0.1) is 11.3 Å². The van der Waals surface area contributed by atoms with Gasteiger partial charge in [-0.05, 0) is 78.8 Å². The fourth-order valence-corrected chi connectivity index (χ4v) is 6.93. The van der Waals surface area contributed by atoms with Gasteiger partial charge < -0.3 is 4.74 Å². The Morgan fingerprint density at radius 1 is 1.00 bits per heavy atom. The molecule has 1 aliphatic carbocycles. The number of ether oxygens (including phenoxy) is 1. The van der Waals surface area contributed by atoms with Crippen LogP contribution in [0.2, 0.25) is 0 Å². The smallest absolute Gasteiger partial charge is 0.267 e. The van der Waals surface area contributed by atoms with Gasteiger partial charge in [-0.25, -0.2) is 10.4 Å². The number of carbonyl (C=O) groups excluding carboxylic acids is 1. The molecule has 5 aromatic rings. The molecule has 6 rings (SSSR count). The Hall–Kier alpha value is -4.21. The molecule has 2 aromatic heterocycles. The fourth-order valence-electron chi connectivity index (χ4n) is 4.82. The Morgan fingerprint density at radius 2 is 1.73 bits per heavy atom. The summed E-state index contributed by atoms with van der Waals surface area (Å²) in [6.45, 7) is 0.497. The Labute approximate surface area is 245 Å². The number of hydrazone groups is 1. The topological polar surface area (TPSA) is 85.6 Å². The Morgan fingerprint density at radius 3 is 2.51 bits per heavy atom. The van der Waals surface area contributed by atoms with Gasteiger partial charge in [-0.1, -0.05) is 60.3 Å². The van der Waals surface area contributed by atoms with Gasteiger partial charge in [0.1, 0.15) is 17.2 Å². The summed E-state index contributed by atoms with van der Waals surface area (Å²) in [6, 6.07) is 27.0. The molecule has 0 bridgehead atoms. The summed E-state index contributed by atoms with van der Waals surface area (Å²) in [5.74, 6) is 0.542. The van der Waals surface area contributed by atoms with E-state index in [1.54, 1.807) is 22.1 Å². The van der Waals surface area contributed by atoms with Crippen molar-refractivity contribution in [2.75, 3.05) is 5.75 Å². The summed E-state index contributed by atoms with van der Waals surface area (Å²) >= 11 is 2.84. The molecule has 1 aliphatic rings. The van der Waals surface area contributed by atoms with Crippen LogP contribution in [0.1, 0.15) is 34.4 Å². The van der Waals surface area contributed by atoms with E-state index in [2.05, 4.69) is 10.5 Å². The van der Waals surface area contributed by atoms with Gasteiger partial charge in [0.15, 0.2) is 5.16 Å². The summed E-state index contributed by atoms with van der Waals surface area (Å²) in [5.41, 5.74) is 6.33. The highest BCUT2D eigenvalue weighted by atomic mass is 32.2. The first-order valence-corrected chi connectivity index (χ1v) is 15.3. The first-order chi connectivity index (χ1) is 20.2. The zero-order valence-electron chi connectivity index (χ0n) is 22.3. The lowest BCUT2D eigenvalue weighted by atomic mass is 9.97. The van der Waals surface area contributed by atoms with Gasteiger partial charge in [0.25, 0.3) is 11.5 Å². The number of carbonyl (C=O) groups is 1. The second-order valence-corrected chi connectivity index (χ2v) is 11.7. The van der Waals surface area contributed by atoms with Gasteiger partial charge in [-0.3, -0.25) is 14.2 Å². The number of hydrogen-bond acceptors (Lipinski definition) is 7. The monoisotopic (exact) mass is 580 g/mol. The summed E-state index contributed by atoms with van der Waals surface area (Å²) in [4.78, 5) is 33.3. The maximum atomic E-state index is 13.8. The molecule has 2 heterocycles. The van der Waals surface area contributed by atoms with Crippen molar-refractivity contribution in [2.24, 2.45) is 5.10 Å². The Bertz CT molecular complexity index is 1750. The maximum Gasteiger partial charge on any atom is 0.267 e. The van der Waals surface area contributed by atoms with E-state index < -0.39 is 0 Å². The van der Waals surface area contributed by atoms with E-state index in [1.807, 2.05) is 84.9 Å². The van der Waals surface area contributed by atoms with Gasteiger partial charge in [-0.2, -0.15) is 5.10 Å². The van der Waals surface area contributed by atoms with Crippen molar-refractivity contribution in [3.05, 3.63) is 117 Å². The third kappa shape index (κ3) is 6.26. The number of benzene rings is 3. The van der Waals surface area contributed by atoms with Crippen molar-refractivity contribution in [2.45, 2.75) is 37.4 Å². The van der Waals surface area contributed by atoms with E-state index in [-0.39, 0.29) is 17.2 Å². The molecule has 7 nitrogen and oxygen atoms in total. The minimum Gasteiger partial charge on any atom is -0.489 e. The van der Waals surface area contributed by atoms with Crippen LogP contribution in [0.3, 0.4) is 0 Å². The number of thiophene rings is 1. The van der Waals surface area contributed by atoms with Crippen molar-refractivity contribution >= 4 is 45.4 Å². The first-order valence-electron chi connectivity index (χ1n) is 13.5. The van der Waals surface area contributed by atoms with Gasteiger partial charge in [0, 0.05) is 4.88 Å². The normalized spacial score (nSPS) is 12.9. The molecule has 0 fully saturated rings. The third-order valence-electron chi connectivity index (χ3n) is 6.84. The molecular weight excluding hydrogens is 553 g/mol. The second-order valence-electron chi connectivity index (χ2n) is 9.69. The molecule has 0 radical (unpaired) electrons. The van der Waals surface area contributed by atoms with Gasteiger partial charge in [0.2, 0.25) is 0 Å². The third-order valence-corrected chi connectivity index (χ3v) is 8.96. The highest BCUT2D eigenvalue weighted by Gasteiger charge is 2.23. The molecule has 1 amide bonds. The number of aromatic nitrogens is 2. The summed E-state index contributed by atoms with van der Waals surface area (Å²) in [5, 5.41) is 5.33. The van der Waals surface area contributed by atoms with E-state index in [9.17, 15) is 9.59 Å². The van der Waals surface area contributed by atoms with Crippen molar-refractivity contribution in [1.82, 2.24) is 15.0 Å². The van der Waals surface area contributed by atoms with E-state index in [0.29, 0.717) is 11.8 Å². The molecule has 0 spiro atoms. The number of aryl methyl sites for hydroxylation is 2. The van der Waals surface area contributed by atoms with Crippen LogP contribution in [0.15, 0.2) is 100.0 Å². The number of amides is 1. The molecule has 3 aromatic carbocycles. The molecule has 0 atom stereocenters. The molecule has 1 N–H and O–H groups in total. The number of hydrogen-bond donors (Lipinski definition) is 1. The van der Waals surface area contributed by atoms with Crippen molar-refractivity contribution in [3.63, 3.8) is 0 Å². The SMILES string of the molecule is O=C(CSc1nc2sc3c(c2c(=O)n1-c1ccccc1)CCCC3)NN=Cc1ccc(OCc2ccccc2)cc1. The minimum absolute atomic E-state index is 0.0689. The second kappa shape index (κ2) is 12.5. The number of nitrogens with zero attached hydrogens (tertiary/aromatic N) is 3. The Kier molecular flexibility index (Phi) is 8.25. The van der Waals surface area contributed by atoms with Crippen LogP contribution in [0.5, 0.6) is 5.75 Å². The lowest BCUT2D eigenvalue weighted by molar-refractivity contribution is -0.118. The van der Waals surface area contributed by atoms with E-state index in [1.165, 1.54) is 16.6 Å². The van der Waals surface area contributed by atoms with E-state index in [0.717, 1.165) is 64.0 Å². The lowest BCUT2D eigenvalue weighted by Crippen LogP contribution is -2.24. The largest absolute Gasteiger partial charge is 0.489 e. The number of thioether (sulfide) groups is 1. The quantitative estimate of drug-likeness (QED) is 0.0979. The molecule has 0 unspecified atom stereocenters. The predicted octanol–water partition coefficient (Wildman–Crippen LogP) is 6.15. The van der Waals surface area contributed by atoms with Crippen LogP contribution in [0.25, 0.3) is 15.9 Å². The molecule has 206 valence electrons. The zero-order valence-corrected chi connectivity index (χ0v) is 23.9. The first kappa shape index (κ1) is 27.0. The summed E-state index contributed by atoms with van der Waals surface area (Å²) in [6.07, 6.45) is 5.73. The predicted molar refractivity (Wildman–Crippen MR) is 166 cm³/mol. The van der Waals surface area contributed by atoms with E-state index >= 15 is 0 Å². The molecule has 0 saturated carbocycles. The van der Waals surface area contributed by atoms with Crippen LogP contribution in [0.4, 0.5) is 0 Å². The average Bonchev–Trinajstić information content (AvgIpc) is 3.39. The van der Waals surface area contributed by atoms with Crippen LogP contribution >= 0.6 is 23.1 Å². The van der Waals surface area contributed by atoms with Gasteiger partial charge >= 0.3 is 0 Å². The number of nitrogens with one attached hydrogen (secondary N) is 1. The zero-order chi connectivity index (χ0) is 28.0. The number of fused-ring (bicyclic) bond motifs is 3. The van der Waals surface area contributed by atoms with Crippen molar-refractivity contribution < 1.29 is 9.53 Å². The standard InChI is InChI=1S/C32H28N4O3S2/c37-28(35-33-19-22-15-17-25(18-16-22)39-20-23-9-3-1-4-10-23)21-40-32-34-30-29(26-13-7-8-14-27(26)41-30)31(38)36(32)24-11-5-2-6-12-24/h1-6,9-12,15-19H,7-8,13-14,20-21H2,(H,35,37). The molecule has 41 heavy (non-hydrogen) atoms. The lowest BCUT2D eigenvalue weighted by Gasteiger charge is -2.13. The Balaban J connectivity index is 1.12. The highest BCUT2D eigenvalue weighted by Crippen LogP contribution is 2.35. The fraction of sp³-hybridized carbons (Fsp3) is 0.188. The number of para-hydroxylation sites is 1. The number of rotatable bonds is 9. The van der Waals surface area contributed by atoms with Crippen LogP contribution < -0.4 is 15.7 Å². The molecule has 9 heteroatoms. The van der Waals surface area contributed by atoms with Crippen LogP contribution in [-0.2, 0) is 24.2 Å². The van der Waals surface area contributed by atoms with Crippen LogP contribution in [0, 0.1) is 0 Å². The summed E-state index contributed by atoms with van der Waals surface area (Å²) in [7, 11) is 0. The van der Waals surface area contributed by atoms with Crippen molar-refractivity contribution in [1.29, 1.82) is 0 Å². The van der Waals surface area contributed by atoms with Crippen LogP contribution in [-0.4, -0.2) is 27.4 Å². The van der Waals surface area contributed by atoms with Crippen molar-refractivity contribution in [3.8, 4) is 11.4 Å². The van der Waals surface area contributed by atoms with E-state index in [4.69, 9.17) is 9.72 Å². The molecule has 0 saturated heterocycles. The molecule has 0 aliphatic heterocycles. The highest BCUT2D eigenvalue weighted by molar-refractivity contribution is 7.99.